The van der Waals surface area contributed by atoms with Gasteiger partial charge in [0, 0.05) is 0 Å². The molecule has 2 aliphatic rings. The number of rotatable bonds is 1. The zero-order valence-corrected chi connectivity index (χ0v) is 7.61. The molecule has 62 valence electrons. The van der Waals surface area contributed by atoms with Crippen molar-refractivity contribution in [1.82, 2.24) is 0 Å². The molecule has 1 unspecified atom stereocenters. The predicted molar refractivity (Wildman–Crippen MR) is 48.9 cm³/mol. The van der Waals surface area contributed by atoms with Crippen molar-refractivity contribution < 1.29 is 0 Å². The van der Waals surface area contributed by atoms with Gasteiger partial charge in [0.1, 0.15) is 0 Å². The minimum Gasteiger partial charge on any atom is -0.118 e. The SMILES string of the molecule is ClC1C=C(C2CCCC2)CC1. The summed E-state index contributed by atoms with van der Waals surface area (Å²) in [5, 5.41) is 0.352. The van der Waals surface area contributed by atoms with Gasteiger partial charge < -0.3 is 0 Å². The average molecular weight is 171 g/mol. The molecule has 0 aliphatic heterocycles. The van der Waals surface area contributed by atoms with E-state index in [1.807, 2.05) is 0 Å². The van der Waals surface area contributed by atoms with Crippen molar-refractivity contribution >= 4 is 11.6 Å². The topological polar surface area (TPSA) is 0 Å². The third-order valence-electron chi connectivity index (χ3n) is 2.98. The molecule has 0 saturated heterocycles. The number of allylic oxidation sites excluding steroid dienone is 2. The van der Waals surface area contributed by atoms with Gasteiger partial charge in [-0.15, -0.1) is 11.6 Å². The van der Waals surface area contributed by atoms with Gasteiger partial charge in [0.05, 0.1) is 5.38 Å². The van der Waals surface area contributed by atoms with E-state index in [1.54, 1.807) is 5.57 Å². The summed E-state index contributed by atoms with van der Waals surface area (Å²) >= 11 is 6.01. The summed E-state index contributed by atoms with van der Waals surface area (Å²) in [6, 6.07) is 0. The lowest BCUT2D eigenvalue weighted by Gasteiger charge is -2.08. The average Bonchev–Trinajstić information content (AvgIpc) is 2.55. The Labute approximate surface area is 73.6 Å². The van der Waals surface area contributed by atoms with Crippen LogP contribution in [0.2, 0.25) is 0 Å². The molecule has 0 radical (unpaired) electrons. The van der Waals surface area contributed by atoms with Gasteiger partial charge in [-0.05, 0) is 31.6 Å². The molecule has 0 nitrogen and oxygen atoms in total. The van der Waals surface area contributed by atoms with Crippen molar-refractivity contribution in [3.63, 3.8) is 0 Å². The quantitative estimate of drug-likeness (QED) is 0.418. The van der Waals surface area contributed by atoms with Gasteiger partial charge in [0.25, 0.3) is 0 Å². The lowest BCUT2D eigenvalue weighted by atomic mass is 9.97. The van der Waals surface area contributed by atoms with Crippen LogP contribution < -0.4 is 0 Å². The maximum atomic E-state index is 6.01. The molecule has 0 aromatic rings. The fourth-order valence-electron chi connectivity index (χ4n) is 2.34. The Kier molecular flexibility index (Phi) is 2.22. The van der Waals surface area contributed by atoms with Gasteiger partial charge in [0.15, 0.2) is 0 Å². The lowest BCUT2D eigenvalue weighted by Crippen LogP contribution is -1.94. The normalized spacial score (nSPS) is 32.8. The lowest BCUT2D eigenvalue weighted by molar-refractivity contribution is 0.621. The first-order chi connectivity index (χ1) is 5.36. The molecule has 1 saturated carbocycles. The number of halogens is 1. The van der Waals surface area contributed by atoms with Gasteiger partial charge in [-0.2, -0.15) is 0 Å². The second-order valence-corrected chi connectivity index (χ2v) is 4.34. The van der Waals surface area contributed by atoms with Crippen LogP contribution in [0.3, 0.4) is 0 Å². The van der Waals surface area contributed by atoms with E-state index in [9.17, 15) is 0 Å². The monoisotopic (exact) mass is 170 g/mol. The van der Waals surface area contributed by atoms with E-state index in [-0.39, 0.29) is 0 Å². The Hall–Kier alpha value is 0.0300. The van der Waals surface area contributed by atoms with Crippen LogP contribution in [0.4, 0.5) is 0 Å². The molecule has 0 heterocycles. The van der Waals surface area contributed by atoms with Crippen molar-refractivity contribution in [2.24, 2.45) is 5.92 Å². The van der Waals surface area contributed by atoms with Crippen LogP contribution in [0.25, 0.3) is 0 Å². The Morgan fingerprint density at radius 1 is 1.18 bits per heavy atom. The maximum absolute atomic E-state index is 6.01. The molecule has 1 atom stereocenters. The highest BCUT2D eigenvalue weighted by molar-refractivity contribution is 6.22. The summed E-state index contributed by atoms with van der Waals surface area (Å²) in [7, 11) is 0. The van der Waals surface area contributed by atoms with Gasteiger partial charge in [-0.1, -0.05) is 24.5 Å². The third-order valence-corrected chi connectivity index (χ3v) is 3.33. The van der Waals surface area contributed by atoms with Crippen LogP contribution in [0.15, 0.2) is 11.6 Å². The van der Waals surface area contributed by atoms with Crippen molar-refractivity contribution in [1.29, 1.82) is 0 Å². The fraction of sp³-hybridized carbons (Fsp3) is 0.800. The molecular formula is C10H15Cl. The fourth-order valence-corrected chi connectivity index (χ4v) is 2.61. The number of hydrogen-bond acceptors (Lipinski definition) is 0. The van der Waals surface area contributed by atoms with Gasteiger partial charge >= 0.3 is 0 Å². The van der Waals surface area contributed by atoms with E-state index >= 15 is 0 Å². The third kappa shape index (κ3) is 1.61. The molecule has 2 rings (SSSR count). The summed E-state index contributed by atoms with van der Waals surface area (Å²) in [6.45, 7) is 0. The van der Waals surface area contributed by atoms with Gasteiger partial charge in [-0.3, -0.25) is 0 Å². The summed E-state index contributed by atoms with van der Waals surface area (Å²) in [5.74, 6) is 0.916. The zero-order valence-electron chi connectivity index (χ0n) is 6.85. The van der Waals surface area contributed by atoms with Crippen LogP contribution in [0.5, 0.6) is 0 Å². The van der Waals surface area contributed by atoms with Crippen LogP contribution in [0.1, 0.15) is 38.5 Å². The molecule has 1 fully saturated rings. The van der Waals surface area contributed by atoms with Crippen molar-refractivity contribution in [3.05, 3.63) is 11.6 Å². The highest BCUT2D eigenvalue weighted by Gasteiger charge is 2.23. The summed E-state index contributed by atoms with van der Waals surface area (Å²) in [6.07, 6.45) is 10.5. The van der Waals surface area contributed by atoms with E-state index in [4.69, 9.17) is 11.6 Å². The zero-order chi connectivity index (χ0) is 7.68. The first-order valence-corrected chi connectivity index (χ1v) is 5.14. The van der Waals surface area contributed by atoms with Crippen LogP contribution in [-0.4, -0.2) is 5.38 Å². The van der Waals surface area contributed by atoms with E-state index in [0.29, 0.717) is 5.38 Å². The van der Waals surface area contributed by atoms with Crippen molar-refractivity contribution in [2.45, 2.75) is 43.9 Å². The molecule has 1 heteroatoms. The molecule has 0 amide bonds. The van der Waals surface area contributed by atoms with Crippen molar-refractivity contribution in [2.75, 3.05) is 0 Å². The van der Waals surface area contributed by atoms with E-state index in [2.05, 4.69) is 6.08 Å². The second-order valence-electron chi connectivity index (χ2n) is 3.78. The molecule has 2 aliphatic carbocycles. The summed E-state index contributed by atoms with van der Waals surface area (Å²) in [4.78, 5) is 0. The minimum absolute atomic E-state index is 0.352. The van der Waals surface area contributed by atoms with Gasteiger partial charge in [-0.25, -0.2) is 0 Å². The first kappa shape index (κ1) is 7.67. The van der Waals surface area contributed by atoms with Crippen LogP contribution in [0, 0.1) is 5.92 Å². The molecule has 0 spiro atoms. The van der Waals surface area contributed by atoms with E-state index in [1.165, 1.54) is 38.5 Å². The Balaban J connectivity index is 1.98. The summed E-state index contributed by atoms with van der Waals surface area (Å²) < 4.78 is 0. The predicted octanol–water partition coefficient (Wildman–Crippen LogP) is 3.50. The minimum atomic E-state index is 0.352. The van der Waals surface area contributed by atoms with Crippen LogP contribution in [-0.2, 0) is 0 Å². The molecule has 0 aromatic carbocycles. The molecule has 11 heavy (non-hydrogen) atoms. The Morgan fingerprint density at radius 3 is 2.45 bits per heavy atom. The Morgan fingerprint density at radius 2 is 1.91 bits per heavy atom. The van der Waals surface area contributed by atoms with E-state index in [0.717, 1.165) is 5.92 Å². The molecule has 0 aromatic heterocycles. The van der Waals surface area contributed by atoms with Crippen molar-refractivity contribution in [3.8, 4) is 0 Å². The molecule has 0 bridgehead atoms. The first-order valence-electron chi connectivity index (χ1n) is 4.71. The van der Waals surface area contributed by atoms with Gasteiger partial charge in [0.2, 0.25) is 0 Å². The molecular weight excluding hydrogens is 156 g/mol. The second kappa shape index (κ2) is 3.18. The highest BCUT2D eigenvalue weighted by atomic mass is 35.5. The smallest absolute Gasteiger partial charge is 0.0521 e. The maximum Gasteiger partial charge on any atom is 0.0521 e. The summed E-state index contributed by atoms with van der Waals surface area (Å²) in [5.41, 5.74) is 1.67. The Bertz CT molecular complexity index is 166. The largest absolute Gasteiger partial charge is 0.118 e. The number of alkyl halides is 1. The molecule has 0 N–H and O–H groups in total. The highest BCUT2D eigenvalue weighted by Crippen LogP contribution is 2.37. The standard InChI is InChI=1S/C10H15Cl/c11-10-6-5-9(7-10)8-3-1-2-4-8/h7-8,10H,1-6H2. The van der Waals surface area contributed by atoms with Crippen LogP contribution >= 0.6 is 11.6 Å². The number of hydrogen-bond donors (Lipinski definition) is 0. The van der Waals surface area contributed by atoms with E-state index < -0.39 is 0 Å².